The van der Waals surface area contributed by atoms with Crippen molar-refractivity contribution in [1.29, 1.82) is 0 Å². The van der Waals surface area contributed by atoms with E-state index in [-0.39, 0.29) is 0 Å². The average Bonchev–Trinajstić information content (AvgIpc) is 3.01. The smallest absolute Gasteiger partial charge is 0.239 e. The Morgan fingerprint density at radius 1 is 1.16 bits per heavy atom. The van der Waals surface area contributed by atoms with Crippen LogP contribution < -0.4 is 9.64 Å². The minimum absolute atomic E-state index is 0.306. The molecule has 1 aliphatic heterocycles. The molecule has 25 heavy (non-hydrogen) atoms. The van der Waals surface area contributed by atoms with Gasteiger partial charge in [0.25, 0.3) is 0 Å². The topological polar surface area (TPSA) is 50.5 Å². The van der Waals surface area contributed by atoms with Crippen LogP contribution in [0.15, 0.2) is 60.9 Å². The van der Waals surface area contributed by atoms with Gasteiger partial charge in [-0.1, -0.05) is 11.6 Å². The van der Waals surface area contributed by atoms with Crippen molar-refractivity contribution in [1.82, 2.24) is 9.55 Å². The summed E-state index contributed by atoms with van der Waals surface area (Å²) >= 11 is 5.94. The predicted octanol–water partition coefficient (Wildman–Crippen LogP) is 4.84. The van der Waals surface area contributed by atoms with Crippen LogP contribution in [0, 0.1) is 5.82 Å². The standard InChI is InChI=1S/C18H13ClFN3O2/c19-12-2-4-13(5-3-12)23-9-1-8-22-11-17(21-18(22)23)25-14-6-7-15(20)16(24)10-14/h1-7,9-11,24H,8H2. The fourth-order valence-electron chi connectivity index (χ4n) is 2.57. The molecule has 4 rings (SSSR count). The largest absolute Gasteiger partial charge is 0.505 e. The third-order valence-corrected chi connectivity index (χ3v) is 4.00. The monoisotopic (exact) mass is 357 g/mol. The number of aromatic hydroxyl groups is 1. The Morgan fingerprint density at radius 3 is 2.72 bits per heavy atom. The van der Waals surface area contributed by atoms with Gasteiger partial charge >= 0.3 is 0 Å². The molecule has 1 aliphatic rings. The highest BCUT2D eigenvalue weighted by Crippen LogP contribution is 2.33. The highest BCUT2D eigenvalue weighted by molar-refractivity contribution is 6.30. The molecule has 0 amide bonds. The molecule has 0 spiro atoms. The minimum Gasteiger partial charge on any atom is -0.505 e. The molecule has 2 heterocycles. The van der Waals surface area contributed by atoms with E-state index in [1.54, 1.807) is 6.20 Å². The van der Waals surface area contributed by atoms with Crippen molar-refractivity contribution in [2.24, 2.45) is 0 Å². The molecule has 0 radical (unpaired) electrons. The molecule has 0 atom stereocenters. The van der Waals surface area contributed by atoms with Gasteiger partial charge in [0.2, 0.25) is 11.8 Å². The van der Waals surface area contributed by atoms with E-state index in [4.69, 9.17) is 16.3 Å². The number of halogens is 2. The molecule has 7 heteroatoms. The summed E-state index contributed by atoms with van der Waals surface area (Å²) < 4.78 is 20.7. The Kier molecular flexibility index (Phi) is 3.82. The van der Waals surface area contributed by atoms with Crippen molar-refractivity contribution in [3.05, 3.63) is 71.8 Å². The molecule has 0 aliphatic carbocycles. The van der Waals surface area contributed by atoms with Crippen LogP contribution in [-0.2, 0) is 6.54 Å². The van der Waals surface area contributed by atoms with Gasteiger partial charge < -0.3 is 14.4 Å². The summed E-state index contributed by atoms with van der Waals surface area (Å²) in [6.45, 7) is 0.657. The normalized spacial score (nSPS) is 13.0. The first-order chi connectivity index (χ1) is 12.1. The SMILES string of the molecule is Oc1cc(Oc2cn3c(n2)N(c2ccc(Cl)cc2)C=CC3)ccc1F. The number of phenols is 1. The van der Waals surface area contributed by atoms with Gasteiger partial charge in [-0.25, -0.2) is 4.39 Å². The van der Waals surface area contributed by atoms with Crippen molar-refractivity contribution in [2.45, 2.75) is 6.54 Å². The van der Waals surface area contributed by atoms with Crippen LogP contribution in [0.2, 0.25) is 5.02 Å². The van der Waals surface area contributed by atoms with Gasteiger partial charge in [-0.2, -0.15) is 4.98 Å². The summed E-state index contributed by atoms with van der Waals surface area (Å²) in [5, 5.41) is 10.1. The number of phenolic OH excluding ortho intramolecular Hbond substituents is 1. The Morgan fingerprint density at radius 2 is 1.96 bits per heavy atom. The maximum atomic E-state index is 13.1. The maximum Gasteiger partial charge on any atom is 0.239 e. The van der Waals surface area contributed by atoms with E-state index in [0.29, 0.717) is 29.1 Å². The molecular weight excluding hydrogens is 345 g/mol. The van der Waals surface area contributed by atoms with Gasteiger partial charge in [0.05, 0.1) is 6.20 Å². The van der Waals surface area contributed by atoms with E-state index in [1.807, 2.05) is 46.0 Å². The van der Waals surface area contributed by atoms with Crippen LogP contribution in [0.1, 0.15) is 0 Å². The van der Waals surface area contributed by atoms with Crippen molar-refractivity contribution in [3.8, 4) is 17.4 Å². The van der Waals surface area contributed by atoms with Crippen LogP contribution in [0.3, 0.4) is 0 Å². The summed E-state index contributed by atoms with van der Waals surface area (Å²) in [6, 6.07) is 11.2. The number of hydrogen-bond donors (Lipinski definition) is 1. The number of imidazole rings is 1. The second-order valence-corrected chi connectivity index (χ2v) is 5.91. The van der Waals surface area contributed by atoms with E-state index in [9.17, 15) is 9.50 Å². The fourth-order valence-corrected chi connectivity index (χ4v) is 2.70. The average molecular weight is 358 g/mol. The summed E-state index contributed by atoms with van der Waals surface area (Å²) in [5.41, 5.74) is 0.915. The highest BCUT2D eigenvalue weighted by atomic mass is 35.5. The predicted molar refractivity (Wildman–Crippen MR) is 93.1 cm³/mol. The number of fused-ring (bicyclic) bond motifs is 1. The number of anilines is 2. The lowest BCUT2D eigenvalue weighted by atomic mass is 10.3. The number of nitrogens with zero attached hydrogens (tertiary/aromatic N) is 3. The molecule has 126 valence electrons. The number of aromatic nitrogens is 2. The van der Waals surface area contributed by atoms with Gasteiger partial charge in [0, 0.05) is 29.5 Å². The summed E-state index contributed by atoms with van der Waals surface area (Å²) in [6.07, 6.45) is 5.68. The minimum atomic E-state index is -0.699. The van der Waals surface area contributed by atoms with Crippen LogP contribution in [0.5, 0.6) is 17.4 Å². The van der Waals surface area contributed by atoms with Crippen LogP contribution in [0.25, 0.3) is 0 Å². The van der Waals surface area contributed by atoms with Gasteiger partial charge in [-0.3, -0.25) is 4.90 Å². The lowest BCUT2D eigenvalue weighted by molar-refractivity contribution is 0.418. The first-order valence-corrected chi connectivity index (χ1v) is 7.93. The molecule has 0 unspecified atom stereocenters. The molecule has 2 aromatic carbocycles. The Balaban J connectivity index is 1.64. The maximum absolute atomic E-state index is 13.1. The van der Waals surface area contributed by atoms with Crippen molar-refractivity contribution in [3.63, 3.8) is 0 Å². The Bertz CT molecular complexity index is 953. The number of hydrogen-bond acceptors (Lipinski definition) is 4. The lowest BCUT2D eigenvalue weighted by Gasteiger charge is -2.23. The third kappa shape index (κ3) is 3.04. The molecule has 1 aromatic heterocycles. The molecule has 0 saturated carbocycles. The molecule has 0 saturated heterocycles. The number of ether oxygens (including phenoxy) is 1. The van der Waals surface area contributed by atoms with Crippen molar-refractivity contribution >= 4 is 23.2 Å². The Labute approximate surface area is 148 Å². The van der Waals surface area contributed by atoms with Crippen LogP contribution in [0.4, 0.5) is 16.0 Å². The second-order valence-electron chi connectivity index (χ2n) is 5.48. The third-order valence-electron chi connectivity index (χ3n) is 3.75. The van der Waals surface area contributed by atoms with E-state index in [0.717, 1.165) is 11.8 Å². The summed E-state index contributed by atoms with van der Waals surface area (Å²) in [4.78, 5) is 6.40. The molecule has 0 bridgehead atoms. The molecule has 0 fully saturated rings. The summed E-state index contributed by atoms with van der Waals surface area (Å²) in [7, 11) is 0. The first-order valence-electron chi connectivity index (χ1n) is 7.55. The Hall–Kier alpha value is -2.99. The lowest BCUT2D eigenvalue weighted by Crippen LogP contribution is -2.18. The van der Waals surface area contributed by atoms with Crippen molar-refractivity contribution in [2.75, 3.05) is 4.90 Å². The zero-order chi connectivity index (χ0) is 17.4. The van der Waals surface area contributed by atoms with Gasteiger partial charge in [-0.15, -0.1) is 0 Å². The van der Waals surface area contributed by atoms with Gasteiger partial charge in [0.15, 0.2) is 11.6 Å². The van der Waals surface area contributed by atoms with Crippen LogP contribution >= 0.6 is 11.6 Å². The van der Waals surface area contributed by atoms with Gasteiger partial charge in [-0.05, 0) is 42.5 Å². The molecule has 1 N–H and O–H groups in total. The van der Waals surface area contributed by atoms with Crippen molar-refractivity contribution < 1.29 is 14.2 Å². The quantitative estimate of drug-likeness (QED) is 0.728. The fraction of sp³-hybridized carbons (Fsp3) is 0.0556. The molecule has 5 nitrogen and oxygen atoms in total. The van der Waals surface area contributed by atoms with E-state index in [2.05, 4.69) is 4.98 Å². The molecule has 3 aromatic rings. The van der Waals surface area contributed by atoms with Crippen LogP contribution in [-0.4, -0.2) is 14.7 Å². The zero-order valence-electron chi connectivity index (χ0n) is 12.9. The molecular formula is C18H13ClFN3O2. The number of benzene rings is 2. The first kappa shape index (κ1) is 15.5. The summed E-state index contributed by atoms with van der Waals surface area (Å²) in [5.74, 6) is 0.177. The van der Waals surface area contributed by atoms with Gasteiger partial charge in [0.1, 0.15) is 5.75 Å². The number of allylic oxidation sites excluding steroid dienone is 1. The van der Waals surface area contributed by atoms with E-state index in [1.165, 1.54) is 12.1 Å². The zero-order valence-corrected chi connectivity index (χ0v) is 13.7. The van der Waals surface area contributed by atoms with E-state index < -0.39 is 11.6 Å². The van der Waals surface area contributed by atoms with E-state index >= 15 is 0 Å². The highest BCUT2D eigenvalue weighted by Gasteiger charge is 2.19. The second kappa shape index (κ2) is 6.14. The number of rotatable bonds is 3.